The number of hydrogen-bond donors (Lipinski definition) is 1. The molecule has 0 aromatic carbocycles. The highest BCUT2D eigenvalue weighted by Crippen LogP contribution is 2.18. The van der Waals surface area contributed by atoms with Crippen LogP contribution < -0.4 is 5.32 Å². The van der Waals surface area contributed by atoms with E-state index in [0.29, 0.717) is 5.92 Å². The summed E-state index contributed by atoms with van der Waals surface area (Å²) in [5.74, 6) is 2.41. The summed E-state index contributed by atoms with van der Waals surface area (Å²) in [6.45, 7) is 9.13. The lowest BCUT2D eigenvalue weighted by molar-refractivity contribution is 0.470. The summed E-state index contributed by atoms with van der Waals surface area (Å²) in [5, 5.41) is 8.05. The monoisotopic (exact) mass is 359 g/mol. The molecule has 26 heavy (non-hydrogen) atoms. The zero-order valence-corrected chi connectivity index (χ0v) is 17.0. The van der Waals surface area contributed by atoms with Gasteiger partial charge in [0.15, 0.2) is 5.96 Å². The quantitative estimate of drug-likeness (QED) is 0.447. The third-order valence-corrected chi connectivity index (χ3v) is 4.50. The van der Waals surface area contributed by atoms with E-state index in [0.717, 1.165) is 50.0 Å². The van der Waals surface area contributed by atoms with Gasteiger partial charge in [-0.3, -0.25) is 9.67 Å². The second-order valence-corrected chi connectivity index (χ2v) is 7.07. The molecule has 0 amide bonds. The fraction of sp³-hybridized carbons (Fsp3) is 0.632. The Morgan fingerprint density at radius 1 is 1.35 bits per heavy atom. The molecule has 0 aliphatic carbocycles. The standard InChI is InChI=1S/C19H33N7/c1-15(2)18-17(14-25(6)23-18)13-24(5)19(20-4)22-9-7-8-11-26-12-10-21-16(26)3/h10,12,14-15H,7-9,11,13H2,1-6H3,(H,20,22). The fourth-order valence-corrected chi connectivity index (χ4v) is 3.13. The predicted octanol–water partition coefficient (Wildman–Crippen LogP) is 2.54. The molecule has 0 aliphatic rings. The van der Waals surface area contributed by atoms with Gasteiger partial charge in [-0.1, -0.05) is 13.8 Å². The second kappa shape index (κ2) is 9.40. The Labute approximate surface area is 157 Å². The Kier molecular flexibility index (Phi) is 7.24. The van der Waals surface area contributed by atoms with Crippen LogP contribution in [0.2, 0.25) is 0 Å². The number of rotatable bonds is 8. The number of aliphatic imine (C=N–C) groups is 1. The van der Waals surface area contributed by atoms with Gasteiger partial charge in [0.1, 0.15) is 5.82 Å². The van der Waals surface area contributed by atoms with E-state index in [1.807, 2.05) is 38.1 Å². The maximum absolute atomic E-state index is 4.59. The highest BCUT2D eigenvalue weighted by molar-refractivity contribution is 5.79. The van der Waals surface area contributed by atoms with Crippen LogP contribution in [0.4, 0.5) is 0 Å². The number of unbranched alkanes of at least 4 members (excludes halogenated alkanes) is 1. The fourth-order valence-electron chi connectivity index (χ4n) is 3.13. The first-order chi connectivity index (χ1) is 12.4. The maximum Gasteiger partial charge on any atom is 0.193 e. The van der Waals surface area contributed by atoms with Gasteiger partial charge >= 0.3 is 0 Å². The van der Waals surface area contributed by atoms with Gasteiger partial charge in [-0.2, -0.15) is 5.10 Å². The van der Waals surface area contributed by atoms with Crippen molar-refractivity contribution in [2.24, 2.45) is 12.0 Å². The van der Waals surface area contributed by atoms with Gasteiger partial charge in [-0.15, -0.1) is 0 Å². The number of imidazole rings is 1. The second-order valence-electron chi connectivity index (χ2n) is 7.07. The molecule has 2 aromatic heterocycles. The van der Waals surface area contributed by atoms with E-state index in [4.69, 9.17) is 0 Å². The van der Waals surface area contributed by atoms with Crippen molar-refractivity contribution in [3.05, 3.63) is 35.7 Å². The molecule has 0 spiro atoms. The molecule has 0 radical (unpaired) electrons. The van der Waals surface area contributed by atoms with Crippen LogP contribution in [0.15, 0.2) is 23.6 Å². The minimum absolute atomic E-state index is 0.418. The van der Waals surface area contributed by atoms with Crippen LogP contribution >= 0.6 is 0 Å². The zero-order valence-electron chi connectivity index (χ0n) is 17.0. The van der Waals surface area contributed by atoms with Crippen LogP contribution in [0.1, 0.15) is 49.7 Å². The van der Waals surface area contributed by atoms with Crippen molar-refractivity contribution in [1.82, 2.24) is 29.5 Å². The summed E-state index contributed by atoms with van der Waals surface area (Å²) >= 11 is 0. The first-order valence-electron chi connectivity index (χ1n) is 9.34. The SMILES string of the molecule is CN=C(NCCCCn1ccnc1C)N(C)Cc1cn(C)nc1C(C)C. The molecule has 7 heteroatoms. The third kappa shape index (κ3) is 5.34. The number of guanidine groups is 1. The summed E-state index contributed by atoms with van der Waals surface area (Å²) in [7, 11) is 5.88. The molecule has 0 unspecified atom stereocenters. The lowest BCUT2D eigenvalue weighted by Crippen LogP contribution is -2.39. The Morgan fingerprint density at radius 3 is 2.73 bits per heavy atom. The summed E-state index contributed by atoms with van der Waals surface area (Å²) in [5.41, 5.74) is 2.41. The molecular weight excluding hydrogens is 326 g/mol. The smallest absolute Gasteiger partial charge is 0.193 e. The number of hydrogen-bond acceptors (Lipinski definition) is 3. The molecule has 2 heterocycles. The summed E-state index contributed by atoms with van der Waals surface area (Å²) in [4.78, 5) is 10.8. The van der Waals surface area contributed by atoms with Gasteiger partial charge < -0.3 is 14.8 Å². The van der Waals surface area contributed by atoms with E-state index in [1.165, 1.54) is 5.56 Å². The van der Waals surface area contributed by atoms with Crippen LogP contribution in [-0.2, 0) is 20.1 Å². The molecule has 2 aromatic rings. The molecule has 0 saturated carbocycles. The average Bonchev–Trinajstić information content (AvgIpc) is 3.16. The van der Waals surface area contributed by atoms with Crippen molar-refractivity contribution in [2.45, 2.75) is 52.6 Å². The van der Waals surface area contributed by atoms with Crippen molar-refractivity contribution < 1.29 is 0 Å². The number of nitrogens with zero attached hydrogens (tertiary/aromatic N) is 6. The average molecular weight is 360 g/mol. The minimum atomic E-state index is 0.418. The van der Waals surface area contributed by atoms with Gasteiger partial charge in [0.2, 0.25) is 0 Å². The number of aromatic nitrogens is 4. The molecule has 0 atom stereocenters. The number of nitrogens with one attached hydrogen (secondary N) is 1. The topological polar surface area (TPSA) is 63.3 Å². The van der Waals surface area contributed by atoms with Crippen LogP contribution in [0.5, 0.6) is 0 Å². The third-order valence-electron chi connectivity index (χ3n) is 4.50. The highest BCUT2D eigenvalue weighted by Gasteiger charge is 2.14. The first kappa shape index (κ1) is 20.0. The molecule has 0 bridgehead atoms. The Morgan fingerprint density at radius 2 is 2.12 bits per heavy atom. The highest BCUT2D eigenvalue weighted by atomic mass is 15.3. The lowest BCUT2D eigenvalue weighted by atomic mass is 10.1. The maximum atomic E-state index is 4.59. The van der Waals surface area contributed by atoms with E-state index in [9.17, 15) is 0 Å². The van der Waals surface area contributed by atoms with E-state index < -0.39 is 0 Å². The normalized spacial score (nSPS) is 12.0. The molecular formula is C19H33N7. The lowest BCUT2D eigenvalue weighted by Gasteiger charge is -2.22. The van der Waals surface area contributed by atoms with E-state index in [2.05, 4.69) is 57.0 Å². The van der Waals surface area contributed by atoms with E-state index >= 15 is 0 Å². The van der Waals surface area contributed by atoms with Crippen LogP contribution in [0.25, 0.3) is 0 Å². The molecule has 0 aliphatic heterocycles. The largest absolute Gasteiger partial charge is 0.356 e. The molecule has 0 saturated heterocycles. The van der Waals surface area contributed by atoms with Crippen molar-refractivity contribution in [3.8, 4) is 0 Å². The molecule has 2 rings (SSSR count). The molecule has 144 valence electrons. The first-order valence-corrected chi connectivity index (χ1v) is 9.34. The predicted molar refractivity (Wildman–Crippen MR) is 106 cm³/mol. The van der Waals surface area contributed by atoms with Crippen molar-refractivity contribution in [1.29, 1.82) is 0 Å². The Balaban J connectivity index is 1.80. The van der Waals surface area contributed by atoms with Gasteiger partial charge in [0.05, 0.1) is 5.69 Å². The van der Waals surface area contributed by atoms with Gasteiger partial charge in [-0.25, -0.2) is 4.98 Å². The molecule has 0 fully saturated rings. The van der Waals surface area contributed by atoms with Crippen molar-refractivity contribution in [2.75, 3.05) is 20.6 Å². The van der Waals surface area contributed by atoms with Gasteiger partial charge in [0, 0.05) is 64.9 Å². The van der Waals surface area contributed by atoms with Crippen LogP contribution in [0.3, 0.4) is 0 Å². The van der Waals surface area contributed by atoms with Gasteiger partial charge in [-0.05, 0) is 25.7 Å². The van der Waals surface area contributed by atoms with Crippen LogP contribution in [-0.4, -0.2) is 50.8 Å². The molecule has 7 nitrogen and oxygen atoms in total. The molecule has 1 N–H and O–H groups in total. The minimum Gasteiger partial charge on any atom is -0.356 e. The van der Waals surface area contributed by atoms with Crippen molar-refractivity contribution in [3.63, 3.8) is 0 Å². The zero-order chi connectivity index (χ0) is 19.1. The van der Waals surface area contributed by atoms with Crippen molar-refractivity contribution >= 4 is 5.96 Å². The summed E-state index contributed by atoms with van der Waals surface area (Å²) in [6.07, 6.45) is 8.20. The number of aryl methyl sites for hydroxylation is 3. The summed E-state index contributed by atoms with van der Waals surface area (Å²) in [6, 6.07) is 0. The van der Waals surface area contributed by atoms with Crippen LogP contribution in [0, 0.1) is 6.92 Å². The summed E-state index contributed by atoms with van der Waals surface area (Å²) < 4.78 is 4.09. The Bertz CT molecular complexity index is 711. The van der Waals surface area contributed by atoms with E-state index in [1.54, 1.807) is 0 Å². The van der Waals surface area contributed by atoms with E-state index in [-0.39, 0.29) is 0 Å². The Hall–Kier alpha value is -2.31. The van der Waals surface area contributed by atoms with Gasteiger partial charge in [0.25, 0.3) is 0 Å².